The number of benzene rings is 2. The second-order valence-electron chi connectivity index (χ2n) is 5.25. The first-order chi connectivity index (χ1) is 10.2. The molecule has 108 valence electrons. The van der Waals surface area contributed by atoms with E-state index in [9.17, 15) is 8.78 Å². The average molecular weight is 285 g/mol. The molecule has 0 atom stereocenters. The third-order valence-corrected chi connectivity index (χ3v) is 3.79. The minimum Gasteiger partial charge on any atom is -0.316 e. The van der Waals surface area contributed by atoms with Crippen molar-refractivity contribution in [2.24, 2.45) is 0 Å². The van der Waals surface area contributed by atoms with Crippen molar-refractivity contribution in [3.63, 3.8) is 0 Å². The third kappa shape index (κ3) is 3.19. The zero-order chi connectivity index (χ0) is 14.7. The van der Waals surface area contributed by atoms with Crippen LogP contribution in [0.1, 0.15) is 24.0 Å². The van der Waals surface area contributed by atoms with Crippen LogP contribution < -0.4 is 5.32 Å². The Labute approximate surface area is 123 Å². The standard InChI is InChI=1S/C18H17F2N/c19-16-5-1-3-14(11-16)18(13-7-9-21-10-8-13)15-4-2-6-17(20)12-15/h1-6,11-12,21H,7-10H2. The maximum Gasteiger partial charge on any atom is 0.123 e. The second-order valence-corrected chi connectivity index (χ2v) is 5.25. The summed E-state index contributed by atoms with van der Waals surface area (Å²) in [5.41, 5.74) is 3.86. The normalized spacial score (nSPS) is 15.0. The van der Waals surface area contributed by atoms with Crippen LogP contribution >= 0.6 is 0 Å². The van der Waals surface area contributed by atoms with Crippen molar-refractivity contribution >= 4 is 5.57 Å². The highest BCUT2D eigenvalue weighted by Gasteiger charge is 2.15. The number of hydrogen-bond acceptors (Lipinski definition) is 1. The maximum atomic E-state index is 13.6. The van der Waals surface area contributed by atoms with E-state index in [0.29, 0.717) is 0 Å². The Balaban J connectivity index is 2.15. The van der Waals surface area contributed by atoms with Crippen molar-refractivity contribution in [2.45, 2.75) is 12.8 Å². The Morgan fingerprint density at radius 3 is 1.81 bits per heavy atom. The van der Waals surface area contributed by atoms with Crippen LogP contribution in [0.15, 0.2) is 54.1 Å². The van der Waals surface area contributed by atoms with E-state index >= 15 is 0 Å². The zero-order valence-corrected chi connectivity index (χ0v) is 11.7. The van der Waals surface area contributed by atoms with E-state index in [1.54, 1.807) is 12.1 Å². The van der Waals surface area contributed by atoms with Gasteiger partial charge in [-0.2, -0.15) is 0 Å². The van der Waals surface area contributed by atoms with Gasteiger partial charge in [0, 0.05) is 0 Å². The molecule has 0 aromatic heterocycles. The summed E-state index contributed by atoms with van der Waals surface area (Å²) < 4.78 is 27.2. The van der Waals surface area contributed by atoms with Crippen LogP contribution in [-0.4, -0.2) is 13.1 Å². The molecule has 1 aliphatic rings. The van der Waals surface area contributed by atoms with Gasteiger partial charge in [-0.05, 0) is 66.9 Å². The molecule has 2 aromatic rings. The van der Waals surface area contributed by atoms with Crippen molar-refractivity contribution in [2.75, 3.05) is 13.1 Å². The summed E-state index contributed by atoms with van der Waals surface area (Å²) in [6.45, 7) is 1.81. The summed E-state index contributed by atoms with van der Waals surface area (Å²) in [5, 5.41) is 3.31. The maximum absolute atomic E-state index is 13.6. The highest BCUT2D eigenvalue weighted by atomic mass is 19.1. The summed E-state index contributed by atoms with van der Waals surface area (Å²) in [6, 6.07) is 13.1. The SMILES string of the molecule is Fc1cccc(C(=C2CCNCC2)c2cccc(F)c2)c1. The molecule has 2 aromatic carbocycles. The molecule has 21 heavy (non-hydrogen) atoms. The van der Waals surface area contributed by atoms with Gasteiger partial charge in [0.2, 0.25) is 0 Å². The molecule has 3 heteroatoms. The number of hydrogen-bond donors (Lipinski definition) is 1. The molecule has 3 rings (SSSR count). The van der Waals surface area contributed by atoms with Crippen molar-refractivity contribution in [1.82, 2.24) is 5.32 Å². The fourth-order valence-electron chi connectivity index (χ4n) is 2.84. The van der Waals surface area contributed by atoms with Crippen LogP contribution in [0.25, 0.3) is 5.57 Å². The molecule has 0 aliphatic carbocycles. The smallest absolute Gasteiger partial charge is 0.123 e. The molecule has 1 fully saturated rings. The average Bonchev–Trinajstić information content (AvgIpc) is 2.49. The van der Waals surface area contributed by atoms with Crippen molar-refractivity contribution in [1.29, 1.82) is 0 Å². The van der Waals surface area contributed by atoms with Crippen LogP contribution in [0.5, 0.6) is 0 Å². The second kappa shape index (κ2) is 6.19. The molecular weight excluding hydrogens is 268 g/mol. The Hall–Kier alpha value is -2.00. The van der Waals surface area contributed by atoms with E-state index < -0.39 is 0 Å². The molecule has 0 amide bonds. The lowest BCUT2D eigenvalue weighted by atomic mass is 9.89. The van der Waals surface area contributed by atoms with Crippen LogP contribution in [-0.2, 0) is 0 Å². The van der Waals surface area contributed by atoms with Crippen LogP contribution in [0.2, 0.25) is 0 Å². The van der Waals surface area contributed by atoms with Gasteiger partial charge in [0.25, 0.3) is 0 Å². The van der Waals surface area contributed by atoms with Crippen LogP contribution in [0, 0.1) is 11.6 Å². The van der Waals surface area contributed by atoms with Crippen molar-refractivity contribution in [3.05, 3.63) is 76.9 Å². The molecule has 1 nitrogen and oxygen atoms in total. The lowest BCUT2D eigenvalue weighted by Crippen LogP contribution is -2.23. The Morgan fingerprint density at radius 2 is 1.33 bits per heavy atom. The first-order valence-corrected chi connectivity index (χ1v) is 7.18. The van der Waals surface area contributed by atoms with Crippen molar-refractivity contribution < 1.29 is 8.78 Å². The molecule has 1 aliphatic heterocycles. The van der Waals surface area contributed by atoms with Crippen LogP contribution in [0.4, 0.5) is 8.78 Å². The molecule has 1 heterocycles. The van der Waals surface area contributed by atoms with E-state index in [1.807, 2.05) is 12.1 Å². The summed E-state index contributed by atoms with van der Waals surface area (Å²) in [5.74, 6) is -0.535. The number of nitrogens with one attached hydrogen (secondary N) is 1. The summed E-state index contributed by atoms with van der Waals surface area (Å²) in [7, 11) is 0. The predicted octanol–water partition coefficient (Wildman–Crippen LogP) is 4.15. The Bertz CT molecular complexity index is 621. The predicted molar refractivity (Wildman–Crippen MR) is 80.9 cm³/mol. The number of rotatable bonds is 2. The molecule has 0 bridgehead atoms. The molecule has 1 saturated heterocycles. The number of piperidine rings is 1. The molecular formula is C18H17F2N. The van der Waals surface area contributed by atoms with E-state index in [2.05, 4.69) is 5.32 Å². The van der Waals surface area contributed by atoms with Crippen molar-refractivity contribution in [3.8, 4) is 0 Å². The minimum absolute atomic E-state index is 0.268. The summed E-state index contributed by atoms with van der Waals surface area (Å²) >= 11 is 0. The first-order valence-electron chi connectivity index (χ1n) is 7.18. The quantitative estimate of drug-likeness (QED) is 0.874. The van der Waals surface area contributed by atoms with Gasteiger partial charge in [-0.1, -0.05) is 29.8 Å². The first kappa shape index (κ1) is 14.0. The van der Waals surface area contributed by atoms with Gasteiger partial charge in [0.05, 0.1) is 0 Å². The highest BCUT2D eigenvalue weighted by molar-refractivity contribution is 5.82. The van der Waals surface area contributed by atoms with Gasteiger partial charge in [-0.3, -0.25) is 0 Å². The summed E-state index contributed by atoms with van der Waals surface area (Å²) in [4.78, 5) is 0. The minimum atomic E-state index is -0.268. The lowest BCUT2D eigenvalue weighted by Gasteiger charge is -2.21. The molecule has 0 unspecified atom stereocenters. The topological polar surface area (TPSA) is 12.0 Å². The highest BCUT2D eigenvalue weighted by Crippen LogP contribution is 2.31. The van der Waals surface area contributed by atoms with Gasteiger partial charge >= 0.3 is 0 Å². The van der Waals surface area contributed by atoms with Crippen LogP contribution in [0.3, 0.4) is 0 Å². The fourth-order valence-corrected chi connectivity index (χ4v) is 2.84. The third-order valence-electron chi connectivity index (χ3n) is 3.79. The van der Waals surface area contributed by atoms with E-state index in [0.717, 1.165) is 42.6 Å². The van der Waals surface area contributed by atoms with E-state index in [-0.39, 0.29) is 11.6 Å². The zero-order valence-electron chi connectivity index (χ0n) is 11.7. The number of halogens is 2. The van der Waals surface area contributed by atoms with Gasteiger partial charge < -0.3 is 5.32 Å². The Kier molecular flexibility index (Phi) is 4.11. The fraction of sp³-hybridized carbons (Fsp3) is 0.222. The van der Waals surface area contributed by atoms with E-state index in [4.69, 9.17) is 0 Å². The Morgan fingerprint density at radius 1 is 0.810 bits per heavy atom. The van der Waals surface area contributed by atoms with Gasteiger partial charge in [-0.25, -0.2) is 8.78 Å². The largest absolute Gasteiger partial charge is 0.316 e. The molecule has 0 saturated carbocycles. The van der Waals surface area contributed by atoms with Gasteiger partial charge in [0.15, 0.2) is 0 Å². The molecule has 0 radical (unpaired) electrons. The van der Waals surface area contributed by atoms with E-state index in [1.165, 1.54) is 29.8 Å². The van der Waals surface area contributed by atoms with Gasteiger partial charge in [0.1, 0.15) is 11.6 Å². The molecule has 0 spiro atoms. The molecule has 1 N–H and O–H groups in total. The monoisotopic (exact) mass is 285 g/mol. The van der Waals surface area contributed by atoms with Gasteiger partial charge in [-0.15, -0.1) is 0 Å². The summed E-state index contributed by atoms with van der Waals surface area (Å²) in [6.07, 6.45) is 1.81. The lowest BCUT2D eigenvalue weighted by molar-refractivity contribution is 0.610.